The van der Waals surface area contributed by atoms with E-state index in [4.69, 9.17) is 9.47 Å². The molecule has 114 valence electrons. The minimum atomic E-state index is -0.377. The molecule has 0 atom stereocenters. The number of hydrogen-bond donors (Lipinski definition) is 2. The molecule has 2 aromatic rings. The molecular formula is C16H16N2O4. The molecule has 2 rings (SSSR count). The van der Waals surface area contributed by atoms with Gasteiger partial charge in [0.05, 0.1) is 20.4 Å². The van der Waals surface area contributed by atoms with Crippen LogP contribution in [0.3, 0.4) is 0 Å². The molecule has 22 heavy (non-hydrogen) atoms. The second-order valence-corrected chi connectivity index (χ2v) is 4.35. The summed E-state index contributed by atoms with van der Waals surface area (Å²) in [6.45, 7) is 0. The quantitative estimate of drug-likeness (QED) is 0.655. The van der Waals surface area contributed by atoms with Crippen molar-refractivity contribution in [3.63, 3.8) is 0 Å². The minimum Gasteiger partial charge on any atom is -0.508 e. The van der Waals surface area contributed by atoms with E-state index in [1.807, 2.05) is 0 Å². The molecule has 0 aliphatic carbocycles. The number of carbonyl (C=O) groups excluding carboxylic acids is 1. The first-order valence-corrected chi connectivity index (χ1v) is 6.48. The van der Waals surface area contributed by atoms with Crippen LogP contribution in [0, 0.1) is 0 Å². The highest BCUT2D eigenvalue weighted by atomic mass is 16.5. The van der Waals surface area contributed by atoms with Crippen molar-refractivity contribution in [1.29, 1.82) is 0 Å². The molecule has 2 aromatic carbocycles. The molecule has 2 N–H and O–H groups in total. The molecular weight excluding hydrogens is 284 g/mol. The largest absolute Gasteiger partial charge is 0.508 e. The lowest BCUT2D eigenvalue weighted by atomic mass is 10.2. The molecule has 0 aromatic heterocycles. The number of phenols is 1. The number of carbonyl (C=O) groups is 1. The van der Waals surface area contributed by atoms with Crippen molar-refractivity contribution < 1.29 is 19.4 Å². The van der Waals surface area contributed by atoms with Crippen LogP contribution in [0.1, 0.15) is 15.9 Å². The van der Waals surface area contributed by atoms with Crippen molar-refractivity contribution in [2.45, 2.75) is 0 Å². The Morgan fingerprint density at radius 1 is 1.14 bits per heavy atom. The highest BCUT2D eigenvalue weighted by Gasteiger charge is 2.05. The molecule has 0 heterocycles. The van der Waals surface area contributed by atoms with Crippen LogP contribution in [0.15, 0.2) is 47.6 Å². The number of phenolic OH excluding ortho intramolecular Hbond substituents is 1. The van der Waals surface area contributed by atoms with Gasteiger partial charge in [0.1, 0.15) is 17.2 Å². The van der Waals surface area contributed by atoms with Gasteiger partial charge < -0.3 is 14.6 Å². The van der Waals surface area contributed by atoms with E-state index in [0.717, 1.165) is 0 Å². The van der Waals surface area contributed by atoms with Gasteiger partial charge in [-0.15, -0.1) is 0 Å². The van der Waals surface area contributed by atoms with Gasteiger partial charge in [-0.1, -0.05) is 0 Å². The molecule has 0 spiro atoms. The summed E-state index contributed by atoms with van der Waals surface area (Å²) in [4.78, 5) is 11.9. The SMILES string of the molecule is COc1ccc(OC)c(/C=N\NC(=O)c2ccc(O)cc2)c1. The standard InChI is InChI=1S/C16H16N2O4/c1-21-14-7-8-15(22-2)12(9-14)10-17-18-16(20)11-3-5-13(19)6-4-11/h3-10,19H,1-2H3,(H,18,20)/b17-10-. The number of hydrogen-bond acceptors (Lipinski definition) is 5. The number of amides is 1. The van der Waals surface area contributed by atoms with Crippen molar-refractivity contribution in [1.82, 2.24) is 5.43 Å². The number of hydrazone groups is 1. The van der Waals surface area contributed by atoms with E-state index in [9.17, 15) is 9.90 Å². The van der Waals surface area contributed by atoms with Gasteiger partial charge in [-0.3, -0.25) is 4.79 Å². The summed E-state index contributed by atoms with van der Waals surface area (Å²) in [5.41, 5.74) is 3.48. The van der Waals surface area contributed by atoms with Crippen molar-refractivity contribution in [3.05, 3.63) is 53.6 Å². The highest BCUT2D eigenvalue weighted by molar-refractivity contribution is 5.95. The van der Waals surface area contributed by atoms with E-state index >= 15 is 0 Å². The molecule has 0 bridgehead atoms. The predicted octanol–water partition coefficient (Wildman–Crippen LogP) is 2.17. The zero-order valence-electron chi connectivity index (χ0n) is 12.2. The zero-order valence-corrected chi connectivity index (χ0v) is 12.2. The first-order chi connectivity index (χ1) is 10.6. The van der Waals surface area contributed by atoms with E-state index in [0.29, 0.717) is 22.6 Å². The summed E-state index contributed by atoms with van der Waals surface area (Å²) in [7, 11) is 3.11. The number of ether oxygens (including phenoxy) is 2. The van der Waals surface area contributed by atoms with Crippen molar-refractivity contribution >= 4 is 12.1 Å². The van der Waals surface area contributed by atoms with Gasteiger partial charge in [-0.2, -0.15) is 5.10 Å². The van der Waals surface area contributed by atoms with Gasteiger partial charge in [-0.05, 0) is 42.5 Å². The van der Waals surface area contributed by atoms with Crippen LogP contribution in [0.2, 0.25) is 0 Å². The van der Waals surface area contributed by atoms with E-state index in [2.05, 4.69) is 10.5 Å². The Hall–Kier alpha value is -3.02. The maximum absolute atomic E-state index is 11.9. The molecule has 0 saturated heterocycles. The fourth-order valence-corrected chi connectivity index (χ4v) is 1.78. The van der Waals surface area contributed by atoms with E-state index < -0.39 is 0 Å². The Morgan fingerprint density at radius 2 is 1.86 bits per heavy atom. The first-order valence-electron chi connectivity index (χ1n) is 6.48. The fourth-order valence-electron chi connectivity index (χ4n) is 1.78. The minimum absolute atomic E-state index is 0.0983. The molecule has 0 aliphatic rings. The van der Waals surface area contributed by atoms with Crippen molar-refractivity contribution in [2.24, 2.45) is 5.10 Å². The summed E-state index contributed by atoms with van der Waals surface area (Å²) in [6.07, 6.45) is 1.47. The van der Waals surface area contributed by atoms with Gasteiger partial charge in [0.2, 0.25) is 0 Å². The smallest absolute Gasteiger partial charge is 0.271 e. The summed E-state index contributed by atoms with van der Waals surface area (Å²) in [6, 6.07) is 11.1. The maximum Gasteiger partial charge on any atom is 0.271 e. The predicted molar refractivity (Wildman–Crippen MR) is 82.7 cm³/mol. The lowest BCUT2D eigenvalue weighted by Crippen LogP contribution is -2.17. The second kappa shape index (κ2) is 7.12. The Morgan fingerprint density at radius 3 is 2.50 bits per heavy atom. The summed E-state index contributed by atoms with van der Waals surface area (Å²) < 4.78 is 10.3. The third-order valence-electron chi connectivity index (χ3n) is 2.94. The van der Waals surface area contributed by atoms with Crippen LogP contribution in [-0.4, -0.2) is 31.4 Å². The number of nitrogens with one attached hydrogen (secondary N) is 1. The summed E-state index contributed by atoms with van der Waals surface area (Å²) in [5.74, 6) is 0.995. The third kappa shape index (κ3) is 3.76. The normalized spacial score (nSPS) is 10.5. The Balaban J connectivity index is 2.08. The Labute approximate surface area is 128 Å². The number of methoxy groups -OCH3 is 2. The summed E-state index contributed by atoms with van der Waals surface area (Å²) in [5, 5.41) is 13.1. The topological polar surface area (TPSA) is 80.2 Å². The van der Waals surface area contributed by atoms with Gasteiger partial charge in [0.15, 0.2) is 0 Å². The van der Waals surface area contributed by atoms with Crippen LogP contribution in [0.25, 0.3) is 0 Å². The highest BCUT2D eigenvalue weighted by Crippen LogP contribution is 2.22. The molecule has 1 amide bonds. The van der Waals surface area contributed by atoms with E-state index in [1.165, 1.54) is 30.5 Å². The molecule has 0 fully saturated rings. The monoisotopic (exact) mass is 300 g/mol. The number of benzene rings is 2. The van der Waals surface area contributed by atoms with Crippen LogP contribution < -0.4 is 14.9 Å². The van der Waals surface area contributed by atoms with Crippen LogP contribution in [-0.2, 0) is 0 Å². The summed E-state index contributed by atoms with van der Waals surface area (Å²) >= 11 is 0. The average molecular weight is 300 g/mol. The first kappa shape index (κ1) is 15.4. The number of nitrogens with zero attached hydrogens (tertiary/aromatic N) is 1. The molecule has 6 nitrogen and oxygen atoms in total. The molecule has 0 aliphatic heterocycles. The molecule has 6 heteroatoms. The van der Waals surface area contributed by atoms with Gasteiger partial charge in [0.25, 0.3) is 5.91 Å². The fraction of sp³-hybridized carbons (Fsp3) is 0.125. The zero-order chi connectivity index (χ0) is 15.9. The maximum atomic E-state index is 11.9. The lowest BCUT2D eigenvalue weighted by Gasteiger charge is -2.06. The van der Waals surface area contributed by atoms with Gasteiger partial charge >= 0.3 is 0 Å². The van der Waals surface area contributed by atoms with Crippen LogP contribution >= 0.6 is 0 Å². The van der Waals surface area contributed by atoms with Crippen LogP contribution in [0.4, 0.5) is 0 Å². The molecule has 0 saturated carbocycles. The van der Waals surface area contributed by atoms with Crippen molar-refractivity contribution in [2.75, 3.05) is 14.2 Å². The van der Waals surface area contributed by atoms with E-state index in [-0.39, 0.29) is 11.7 Å². The van der Waals surface area contributed by atoms with Crippen molar-refractivity contribution in [3.8, 4) is 17.2 Å². The van der Waals surface area contributed by atoms with Gasteiger partial charge in [-0.25, -0.2) is 5.43 Å². The van der Waals surface area contributed by atoms with E-state index in [1.54, 1.807) is 32.4 Å². The lowest BCUT2D eigenvalue weighted by molar-refractivity contribution is 0.0955. The Bertz CT molecular complexity index is 681. The molecule has 0 radical (unpaired) electrons. The molecule has 0 unspecified atom stereocenters. The number of rotatable bonds is 5. The van der Waals surface area contributed by atoms with Crippen LogP contribution in [0.5, 0.6) is 17.2 Å². The average Bonchev–Trinajstić information content (AvgIpc) is 2.55. The second-order valence-electron chi connectivity index (χ2n) is 4.35. The third-order valence-corrected chi connectivity index (χ3v) is 2.94. The van der Waals surface area contributed by atoms with Gasteiger partial charge in [0, 0.05) is 11.1 Å². The number of aromatic hydroxyl groups is 1. The Kier molecular flexibility index (Phi) is 4.98.